The second-order valence-electron chi connectivity index (χ2n) is 4.27. The summed E-state index contributed by atoms with van der Waals surface area (Å²) in [5.74, 6) is -1.77. The maximum Gasteiger partial charge on any atom is 0.338 e. The minimum Gasteiger partial charge on any atom is -0.495 e. The predicted octanol–water partition coefficient (Wildman–Crippen LogP) is 2.91. The zero-order valence-corrected chi connectivity index (χ0v) is 11.2. The summed E-state index contributed by atoms with van der Waals surface area (Å²) in [5, 5.41) is 0. The first-order valence-corrected chi connectivity index (χ1v) is 6.06. The van der Waals surface area contributed by atoms with Gasteiger partial charge in [-0.3, -0.25) is 0 Å². The van der Waals surface area contributed by atoms with Gasteiger partial charge in [0, 0.05) is 11.6 Å². The molecule has 0 radical (unpaired) electrons. The Morgan fingerprint density at radius 1 is 1.19 bits per heavy atom. The first kappa shape index (κ1) is 14.8. The SMILES string of the molecule is COc1cc(C(=O)OCc2ccc(F)cc2F)ccc1N. The summed E-state index contributed by atoms with van der Waals surface area (Å²) in [5.41, 5.74) is 6.34. The number of hydrogen-bond donors (Lipinski definition) is 1. The summed E-state index contributed by atoms with van der Waals surface area (Å²) in [6.45, 7) is -0.294. The molecule has 6 heteroatoms. The summed E-state index contributed by atoms with van der Waals surface area (Å²) >= 11 is 0. The van der Waals surface area contributed by atoms with E-state index in [0.29, 0.717) is 11.4 Å². The number of halogens is 2. The van der Waals surface area contributed by atoms with Gasteiger partial charge in [-0.05, 0) is 30.3 Å². The quantitative estimate of drug-likeness (QED) is 0.695. The van der Waals surface area contributed by atoms with E-state index >= 15 is 0 Å². The molecule has 0 aliphatic heterocycles. The van der Waals surface area contributed by atoms with Crippen molar-refractivity contribution in [3.8, 4) is 5.75 Å². The van der Waals surface area contributed by atoms with E-state index in [0.717, 1.165) is 12.1 Å². The number of rotatable bonds is 4. The highest BCUT2D eigenvalue weighted by molar-refractivity contribution is 5.90. The van der Waals surface area contributed by atoms with Crippen LogP contribution < -0.4 is 10.5 Å². The van der Waals surface area contributed by atoms with Crippen molar-refractivity contribution >= 4 is 11.7 Å². The molecule has 0 heterocycles. The smallest absolute Gasteiger partial charge is 0.338 e. The third kappa shape index (κ3) is 3.47. The molecular formula is C15H13F2NO3. The number of carbonyl (C=O) groups excluding carboxylic acids is 1. The number of ether oxygens (including phenoxy) is 2. The lowest BCUT2D eigenvalue weighted by molar-refractivity contribution is 0.0468. The standard InChI is InChI=1S/C15H13F2NO3/c1-20-14-6-9(3-5-13(14)18)15(19)21-8-10-2-4-11(16)7-12(10)17/h2-7H,8,18H2,1H3. The zero-order valence-electron chi connectivity index (χ0n) is 11.2. The van der Waals surface area contributed by atoms with E-state index < -0.39 is 17.6 Å². The van der Waals surface area contributed by atoms with Gasteiger partial charge in [-0.25, -0.2) is 13.6 Å². The van der Waals surface area contributed by atoms with E-state index in [9.17, 15) is 13.6 Å². The van der Waals surface area contributed by atoms with Gasteiger partial charge in [0.1, 0.15) is 24.0 Å². The first-order valence-electron chi connectivity index (χ1n) is 6.06. The highest BCUT2D eigenvalue weighted by Gasteiger charge is 2.12. The van der Waals surface area contributed by atoms with E-state index in [-0.39, 0.29) is 17.7 Å². The molecule has 0 fully saturated rings. The molecule has 21 heavy (non-hydrogen) atoms. The number of benzene rings is 2. The molecule has 4 nitrogen and oxygen atoms in total. The van der Waals surface area contributed by atoms with Gasteiger partial charge < -0.3 is 15.2 Å². The van der Waals surface area contributed by atoms with Crippen LogP contribution in [0.15, 0.2) is 36.4 Å². The van der Waals surface area contributed by atoms with Crippen LogP contribution in [-0.4, -0.2) is 13.1 Å². The van der Waals surface area contributed by atoms with Crippen LogP contribution >= 0.6 is 0 Å². The van der Waals surface area contributed by atoms with Crippen molar-refractivity contribution in [2.75, 3.05) is 12.8 Å². The van der Waals surface area contributed by atoms with Crippen LogP contribution in [0.25, 0.3) is 0 Å². The van der Waals surface area contributed by atoms with Gasteiger partial charge in [0.05, 0.1) is 18.4 Å². The van der Waals surface area contributed by atoms with Crippen molar-refractivity contribution in [2.45, 2.75) is 6.61 Å². The monoisotopic (exact) mass is 293 g/mol. The second-order valence-corrected chi connectivity index (χ2v) is 4.27. The number of hydrogen-bond acceptors (Lipinski definition) is 4. The summed E-state index contributed by atoms with van der Waals surface area (Å²) in [6.07, 6.45) is 0. The lowest BCUT2D eigenvalue weighted by Crippen LogP contribution is -2.07. The fraction of sp³-hybridized carbons (Fsp3) is 0.133. The van der Waals surface area contributed by atoms with Crippen molar-refractivity contribution in [3.05, 3.63) is 59.2 Å². The van der Waals surface area contributed by atoms with Gasteiger partial charge in [-0.2, -0.15) is 0 Å². The van der Waals surface area contributed by atoms with Gasteiger partial charge in [-0.15, -0.1) is 0 Å². The minimum atomic E-state index is -0.766. The highest BCUT2D eigenvalue weighted by atomic mass is 19.1. The van der Waals surface area contributed by atoms with Gasteiger partial charge in [0.25, 0.3) is 0 Å². The minimum absolute atomic E-state index is 0.0900. The first-order chi connectivity index (χ1) is 10.0. The third-order valence-electron chi connectivity index (χ3n) is 2.84. The molecule has 0 bridgehead atoms. The third-order valence-corrected chi connectivity index (χ3v) is 2.84. The molecule has 110 valence electrons. The molecule has 0 unspecified atom stereocenters. The average Bonchev–Trinajstić information content (AvgIpc) is 2.46. The maximum atomic E-state index is 13.4. The van der Waals surface area contributed by atoms with E-state index in [1.165, 1.54) is 31.4 Å². The summed E-state index contributed by atoms with van der Waals surface area (Å²) < 4.78 is 36.1. The van der Waals surface area contributed by atoms with E-state index in [4.69, 9.17) is 15.2 Å². The molecule has 0 aliphatic carbocycles. The molecule has 2 N–H and O–H groups in total. The molecule has 0 saturated carbocycles. The van der Waals surface area contributed by atoms with Crippen LogP contribution in [0.3, 0.4) is 0 Å². The van der Waals surface area contributed by atoms with Crippen LogP contribution in [-0.2, 0) is 11.3 Å². The molecule has 2 aromatic carbocycles. The molecule has 0 spiro atoms. The Labute approximate surface area is 120 Å². The van der Waals surface area contributed by atoms with Gasteiger partial charge in [0.15, 0.2) is 0 Å². The second kappa shape index (κ2) is 6.21. The van der Waals surface area contributed by atoms with E-state index in [1.54, 1.807) is 0 Å². The molecule has 2 aromatic rings. The highest BCUT2D eigenvalue weighted by Crippen LogP contribution is 2.23. The summed E-state index contributed by atoms with van der Waals surface area (Å²) in [4.78, 5) is 11.9. The Kier molecular flexibility index (Phi) is 4.37. The Morgan fingerprint density at radius 3 is 2.62 bits per heavy atom. The van der Waals surface area contributed by atoms with Gasteiger partial charge in [-0.1, -0.05) is 0 Å². The lowest BCUT2D eigenvalue weighted by Gasteiger charge is -2.08. The molecule has 0 aromatic heterocycles. The number of anilines is 1. The summed E-state index contributed by atoms with van der Waals surface area (Å²) in [6, 6.07) is 7.46. The Hall–Kier alpha value is -2.63. The fourth-order valence-corrected chi connectivity index (χ4v) is 1.70. The predicted molar refractivity (Wildman–Crippen MR) is 72.9 cm³/mol. The van der Waals surface area contributed by atoms with Crippen molar-refractivity contribution in [1.29, 1.82) is 0 Å². The number of nitrogen functional groups attached to an aromatic ring is 1. The Bertz CT molecular complexity index is 674. The van der Waals surface area contributed by atoms with E-state index in [1.807, 2.05) is 0 Å². The van der Waals surface area contributed by atoms with E-state index in [2.05, 4.69) is 0 Å². The van der Waals surface area contributed by atoms with Crippen LogP contribution in [0, 0.1) is 11.6 Å². The maximum absolute atomic E-state index is 13.4. The normalized spacial score (nSPS) is 10.2. The molecular weight excluding hydrogens is 280 g/mol. The largest absolute Gasteiger partial charge is 0.495 e. The van der Waals surface area contributed by atoms with Crippen molar-refractivity contribution < 1.29 is 23.0 Å². The Balaban J connectivity index is 2.08. The van der Waals surface area contributed by atoms with Crippen LogP contribution in [0.2, 0.25) is 0 Å². The van der Waals surface area contributed by atoms with Crippen molar-refractivity contribution in [3.63, 3.8) is 0 Å². The van der Waals surface area contributed by atoms with Crippen LogP contribution in [0.1, 0.15) is 15.9 Å². The number of esters is 1. The molecule has 0 amide bonds. The topological polar surface area (TPSA) is 61.5 Å². The molecule has 2 rings (SSSR count). The van der Waals surface area contributed by atoms with Crippen LogP contribution in [0.4, 0.5) is 14.5 Å². The van der Waals surface area contributed by atoms with Crippen molar-refractivity contribution in [1.82, 2.24) is 0 Å². The number of nitrogens with two attached hydrogens (primary N) is 1. The fourth-order valence-electron chi connectivity index (χ4n) is 1.70. The van der Waals surface area contributed by atoms with Gasteiger partial charge in [0.2, 0.25) is 0 Å². The molecule has 0 aliphatic rings. The number of methoxy groups -OCH3 is 1. The molecule has 0 atom stereocenters. The zero-order chi connectivity index (χ0) is 15.4. The van der Waals surface area contributed by atoms with Crippen LogP contribution in [0.5, 0.6) is 5.75 Å². The molecule has 0 saturated heterocycles. The van der Waals surface area contributed by atoms with Crippen molar-refractivity contribution in [2.24, 2.45) is 0 Å². The number of carbonyl (C=O) groups is 1. The average molecular weight is 293 g/mol. The summed E-state index contributed by atoms with van der Waals surface area (Å²) in [7, 11) is 1.43. The van der Waals surface area contributed by atoms with Gasteiger partial charge >= 0.3 is 5.97 Å². The Morgan fingerprint density at radius 2 is 1.95 bits per heavy atom. The lowest BCUT2D eigenvalue weighted by atomic mass is 10.2.